The molecule has 3 aromatic rings. The summed E-state index contributed by atoms with van der Waals surface area (Å²) in [6.07, 6.45) is 0. The van der Waals surface area contributed by atoms with Gasteiger partial charge in [0.15, 0.2) is 0 Å². The Morgan fingerprint density at radius 1 is 0.950 bits per heavy atom. The number of nitrogens with zero attached hydrogens (tertiary/aromatic N) is 1. The van der Waals surface area contributed by atoms with Crippen LogP contribution in [0.1, 0.15) is 18.5 Å². The maximum atomic E-state index is 13.7. The number of rotatable bonds is 3. The van der Waals surface area contributed by atoms with Crippen molar-refractivity contribution >= 4 is 16.7 Å². The van der Waals surface area contributed by atoms with Crippen molar-refractivity contribution in [2.24, 2.45) is 0 Å². The highest BCUT2D eigenvalue weighted by molar-refractivity contribution is 5.80. The normalized spacial score (nSPS) is 12.3. The first-order valence-electron chi connectivity index (χ1n) is 6.61. The average molecular weight is 266 g/mol. The maximum absolute atomic E-state index is 13.7. The van der Waals surface area contributed by atoms with E-state index in [2.05, 4.69) is 10.3 Å². The van der Waals surface area contributed by atoms with Gasteiger partial charge >= 0.3 is 0 Å². The van der Waals surface area contributed by atoms with Gasteiger partial charge in [-0.3, -0.25) is 0 Å². The zero-order chi connectivity index (χ0) is 13.9. The number of hydrogen-bond donors (Lipinski definition) is 1. The topological polar surface area (TPSA) is 24.9 Å². The second kappa shape index (κ2) is 5.29. The minimum absolute atomic E-state index is 0.134. The number of pyridine rings is 1. The van der Waals surface area contributed by atoms with Crippen LogP contribution in [0.3, 0.4) is 0 Å². The highest BCUT2D eigenvalue weighted by Gasteiger charge is 2.10. The number of para-hydroxylation sites is 1. The van der Waals surface area contributed by atoms with Gasteiger partial charge in [-0.1, -0.05) is 36.4 Å². The largest absolute Gasteiger partial charge is 0.363 e. The fourth-order valence-corrected chi connectivity index (χ4v) is 2.27. The maximum Gasteiger partial charge on any atom is 0.128 e. The molecule has 0 aliphatic carbocycles. The molecule has 1 atom stereocenters. The Morgan fingerprint density at radius 2 is 1.70 bits per heavy atom. The van der Waals surface area contributed by atoms with Gasteiger partial charge in [-0.15, -0.1) is 0 Å². The quantitative estimate of drug-likeness (QED) is 0.752. The first-order valence-corrected chi connectivity index (χ1v) is 6.61. The lowest BCUT2D eigenvalue weighted by Crippen LogP contribution is -2.09. The van der Waals surface area contributed by atoms with Crippen LogP contribution >= 0.6 is 0 Å². The molecule has 100 valence electrons. The summed E-state index contributed by atoms with van der Waals surface area (Å²) in [5.41, 5.74) is 1.57. The molecule has 1 N–H and O–H groups in total. The molecule has 3 heteroatoms. The number of aromatic nitrogens is 1. The van der Waals surface area contributed by atoms with Crippen LogP contribution in [0.2, 0.25) is 0 Å². The van der Waals surface area contributed by atoms with Crippen molar-refractivity contribution in [3.63, 3.8) is 0 Å². The fraction of sp³-hybridized carbons (Fsp3) is 0.118. The zero-order valence-electron chi connectivity index (χ0n) is 11.2. The summed E-state index contributed by atoms with van der Waals surface area (Å²) < 4.78 is 13.7. The molecule has 1 aromatic heterocycles. The number of fused-ring (bicyclic) bond motifs is 1. The van der Waals surface area contributed by atoms with Gasteiger partial charge in [-0.05, 0) is 31.2 Å². The lowest BCUT2D eigenvalue weighted by atomic mass is 10.1. The van der Waals surface area contributed by atoms with Crippen molar-refractivity contribution in [1.82, 2.24) is 4.98 Å². The van der Waals surface area contributed by atoms with Crippen molar-refractivity contribution in [2.45, 2.75) is 13.0 Å². The summed E-state index contributed by atoms with van der Waals surface area (Å²) in [4.78, 5) is 4.54. The SMILES string of the molecule is C[C@@H](Nc1ccc2ccccc2n1)c1ccccc1F. The van der Waals surface area contributed by atoms with E-state index in [1.165, 1.54) is 6.07 Å². The minimum atomic E-state index is -0.201. The highest BCUT2D eigenvalue weighted by atomic mass is 19.1. The number of anilines is 1. The van der Waals surface area contributed by atoms with Gasteiger partial charge < -0.3 is 5.32 Å². The molecule has 0 radical (unpaired) electrons. The molecule has 0 aliphatic rings. The van der Waals surface area contributed by atoms with Crippen LogP contribution in [0.25, 0.3) is 10.9 Å². The van der Waals surface area contributed by atoms with E-state index < -0.39 is 0 Å². The number of hydrogen-bond acceptors (Lipinski definition) is 2. The van der Waals surface area contributed by atoms with Crippen molar-refractivity contribution in [1.29, 1.82) is 0 Å². The first kappa shape index (κ1) is 12.6. The Labute approximate surface area is 117 Å². The molecule has 0 saturated heterocycles. The van der Waals surface area contributed by atoms with E-state index >= 15 is 0 Å². The second-order valence-corrected chi connectivity index (χ2v) is 4.78. The summed E-state index contributed by atoms with van der Waals surface area (Å²) in [6.45, 7) is 1.93. The molecular weight excluding hydrogens is 251 g/mol. The van der Waals surface area contributed by atoms with Crippen LogP contribution in [0.5, 0.6) is 0 Å². The average Bonchev–Trinajstić information content (AvgIpc) is 2.47. The molecule has 0 unspecified atom stereocenters. The van der Waals surface area contributed by atoms with E-state index in [1.807, 2.05) is 49.4 Å². The summed E-state index contributed by atoms with van der Waals surface area (Å²) in [6, 6.07) is 18.5. The Kier molecular flexibility index (Phi) is 3.33. The van der Waals surface area contributed by atoms with Crippen molar-refractivity contribution in [3.8, 4) is 0 Å². The number of halogens is 1. The Balaban J connectivity index is 1.87. The lowest BCUT2D eigenvalue weighted by molar-refractivity contribution is 0.600. The Morgan fingerprint density at radius 3 is 2.55 bits per heavy atom. The molecule has 2 nitrogen and oxygen atoms in total. The third-order valence-corrected chi connectivity index (χ3v) is 3.33. The van der Waals surface area contributed by atoms with E-state index in [-0.39, 0.29) is 11.9 Å². The van der Waals surface area contributed by atoms with Gasteiger partial charge in [0.1, 0.15) is 11.6 Å². The molecule has 0 spiro atoms. The first-order chi connectivity index (χ1) is 9.74. The van der Waals surface area contributed by atoms with Gasteiger partial charge in [0.25, 0.3) is 0 Å². The van der Waals surface area contributed by atoms with E-state index in [0.29, 0.717) is 5.56 Å². The van der Waals surface area contributed by atoms with E-state index in [0.717, 1.165) is 16.7 Å². The van der Waals surface area contributed by atoms with E-state index in [9.17, 15) is 4.39 Å². The van der Waals surface area contributed by atoms with Crippen LogP contribution in [0.15, 0.2) is 60.7 Å². The van der Waals surface area contributed by atoms with Crippen LogP contribution in [0.4, 0.5) is 10.2 Å². The molecule has 3 rings (SSSR count). The van der Waals surface area contributed by atoms with E-state index in [1.54, 1.807) is 12.1 Å². The minimum Gasteiger partial charge on any atom is -0.363 e. The Hall–Kier alpha value is -2.42. The van der Waals surface area contributed by atoms with Crippen LogP contribution < -0.4 is 5.32 Å². The molecule has 0 amide bonds. The predicted octanol–water partition coefficient (Wildman–Crippen LogP) is 4.55. The van der Waals surface area contributed by atoms with Crippen molar-refractivity contribution < 1.29 is 4.39 Å². The molecule has 0 aliphatic heterocycles. The van der Waals surface area contributed by atoms with Gasteiger partial charge in [-0.2, -0.15) is 0 Å². The molecule has 1 heterocycles. The summed E-state index contributed by atoms with van der Waals surface area (Å²) in [5.74, 6) is 0.549. The molecule has 20 heavy (non-hydrogen) atoms. The molecule has 2 aromatic carbocycles. The fourth-order valence-electron chi connectivity index (χ4n) is 2.27. The zero-order valence-corrected chi connectivity index (χ0v) is 11.2. The van der Waals surface area contributed by atoms with Gasteiger partial charge in [0.05, 0.1) is 11.6 Å². The Bertz CT molecular complexity index is 740. The molecule has 0 saturated carbocycles. The molecular formula is C17H15FN2. The second-order valence-electron chi connectivity index (χ2n) is 4.78. The number of benzene rings is 2. The predicted molar refractivity (Wildman–Crippen MR) is 80.2 cm³/mol. The highest BCUT2D eigenvalue weighted by Crippen LogP contribution is 2.22. The van der Waals surface area contributed by atoms with Gasteiger partial charge in [0, 0.05) is 10.9 Å². The van der Waals surface area contributed by atoms with Crippen LogP contribution in [-0.4, -0.2) is 4.98 Å². The third-order valence-electron chi connectivity index (χ3n) is 3.33. The standard InChI is InChI=1S/C17H15FN2/c1-12(14-7-3-4-8-15(14)18)19-17-11-10-13-6-2-5-9-16(13)20-17/h2-12H,1H3,(H,19,20)/t12-/m1/s1. The van der Waals surface area contributed by atoms with Gasteiger partial charge in [0.2, 0.25) is 0 Å². The monoisotopic (exact) mass is 266 g/mol. The summed E-state index contributed by atoms with van der Waals surface area (Å²) >= 11 is 0. The van der Waals surface area contributed by atoms with Crippen LogP contribution in [0, 0.1) is 5.82 Å². The molecule has 0 bridgehead atoms. The van der Waals surface area contributed by atoms with Crippen LogP contribution in [-0.2, 0) is 0 Å². The molecule has 0 fully saturated rings. The lowest BCUT2D eigenvalue weighted by Gasteiger charge is -2.16. The number of nitrogens with one attached hydrogen (secondary N) is 1. The third kappa shape index (κ3) is 2.48. The summed E-state index contributed by atoms with van der Waals surface area (Å²) in [7, 11) is 0. The van der Waals surface area contributed by atoms with Crippen molar-refractivity contribution in [3.05, 3.63) is 72.0 Å². The smallest absolute Gasteiger partial charge is 0.128 e. The van der Waals surface area contributed by atoms with E-state index in [4.69, 9.17) is 0 Å². The van der Waals surface area contributed by atoms with Gasteiger partial charge in [-0.25, -0.2) is 9.37 Å². The summed E-state index contributed by atoms with van der Waals surface area (Å²) in [5, 5.41) is 4.33. The van der Waals surface area contributed by atoms with Crippen molar-refractivity contribution in [2.75, 3.05) is 5.32 Å².